The Morgan fingerprint density at radius 1 is 0.943 bits per heavy atom. The SMILES string of the molecule is Cc1ccccc1Nc1ncc(C(=O)NCc2nccs2)cc1NC(=O)c1csc2ccccc12. The van der Waals surface area contributed by atoms with Gasteiger partial charge in [-0.3, -0.25) is 9.59 Å². The van der Waals surface area contributed by atoms with Gasteiger partial charge >= 0.3 is 0 Å². The van der Waals surface area contributed by atoms with E-state index >= 15 is 0 Å². The second kappa shape index (κ2) is 10.0. The van der Waals surface area contributed by atoms with Crippen LogP contribution in [0.3, 0.4) is 0 Å². The number of benzene rings is 2. The number of thiazole rings is 1. The molecule has 0 fully saturated rings. The number of pyridine rings is 1. The van der Waals surface area contributed by atoms with Crippen molar-refractivity contribution in [3.05, 3.63) is 99.4 Å². The van der Waals surface area contributed by atoms with Crippen molar-refractivity contribution < 1.29 is 9.59 Å². The number of anilines is 3. The molecule has 174 valence electrons. The van der Waals surface area contributed by atoms with Gasteiger partial charge in [-0.05, 0) is 30.7 Å². The van der Waals surface area contributed by atoms with Gasteiger partial charge in [0.1, 0.15) is 5.01 Å². The van der Waals surface area contributed by atoms with Gasteiger partial charge < -0.3 is 16.0 Å². The summed E-state index contributed by atoms with van der Waals surface area (Å²) in [5.41, 5.74) is 3.21. The number of fused-ring (bicyclic) bond motifs is 1. The summed E-state index contributed by atoms with van der Waals surface area (Å²) in [6.07, 6.45) is 3.19. The Morgan fingerprint density at radius 3 is 2.60 bits per heavy atom. The molecule has 0 aliphatic heterocycles. The molecule has 2 amide bonds. The minimum absolute atomic E-state index is 0.266. The Labute approximate surface area is 209 Å². The topological polar surface area (TPSA) is 96.0 Å². The molecule has 3 heterocycles. The fraction of sp³-hybridized carbons (Fsp3) is 0.0769. The van der Waals surface area contributed by atoms with Crippen molar-refractivity contribution in [2.24, 2.45) is 0 Å². The van der Waals surface area contributed by atoms with Crippen LogP contribution in [0, 0.1) is 6.92 Å². The predicted octanol–water partition coefficient (Wildman–Crippen LogP) is 5.99. The van der Waals surface area contributed by atoms with Crippen LogP contribution < -0.4 is 16.0 Å². The summed E-state index contributed by atoms with van der Waals surface area (Å²) in [5, 5.41) is 14.5. The molecule has 3 aromatic heterocycles. The lowest BCUT2D eigenvalue weighted by atomic mass is 10.1. The first-order valence-corrected chi connectivity index (χ1v) is 12.6. The van der Waals surface area contributed by atoms with Gasteiger partial charge in [-0.2, -0.15) is 0 Å². The van der Waals surface area contributed by atoms with E-state index in [1.807, 2.05) is 66.2 Å². The highest BCUT2D eigenvalue weighted by Crippen LogP contribution is 2.29. The number of aromatic nitrogens is 2. The minimum atomic E-state index is -0.299. The van der Waals surface area contributed by atoms with E-state index in [1.54, 1.807) is 12.3 Å². The molecule has 9 heteroatoms. The average Bonchev–Trinajstić information content (AvgIpc) is 3.55. The summed E-state index contributed by atoms with van der Waals surface area (Å²) in [6, 6.07) is 17.2. The van der Waals surface area contributed by atoms with Gasteiger partial charge in [0.05, 0.1) is 23.4 Å². The van der Waals surface area contributed by atoms with Crippen molar-refractivity contribution in [1.29, 1.82) is 0 Å². The molecule has 5 rings (SSSR count). The third-order valence-electron chi connectivity index (χ3n) is 5.41. The summed E-state index contributed by atoms with van der Waals surface area (Å²) < 4.78 is 1.03. The van der Waals surface area contributed by atoms with Crippen molar-refractivity contribution in [3.63, 3.8) is 0 Å². The zero-order valence-electron chi connectivity index (χ0n) is 18.7. The first-order valence-electron chi connectivity index (χ1n) is 10.9. The molecule has 0 atom stereocenters. The van der Waals surface area contributed by atoms with Gasteiger partial charge in [-0.15, -0.1) is 22.7 Å². The molecule has 7 nitrogen and oxygen atoms in total. The molecular formula is C26H21N5O2S2. The molecular weight excluding hydrogens is 478 g/mol. The highest BCUT2D eigenvalue weighted by atomic mass is 32.1. The standard InChI is InChI=1S/C26H21N5O2S2/c1-16-6-2-4-8-20(16)30-24-21(31-26(33)19-15-35-22-9-5-3-7-18(19)22)12-17(13-28-24)25(32)29-14-23-27-10-11-34-23/h2-13,15H,14H2,1H3,(H,28,30)(H,29,32)(H,31,33). The van der Waals surface area contributed by atoms with Crippen LogP contribution in [0.2, 0.25) is 0 Å². The normalized spacial score (nSPS) is 10.8. The molecule has 0 saturated heterocycles. The maximum atomic E-state index is 13.3. The molecule has 0 bridgehead atoms. The first-order chi connectivity index (χ1) is 17.1. The van der Waals surface area contributed by atoms with Crippen LogP contribution >= 0.6 is 22.7 Å². The first kappa shape index (κ1) is 22.7. The zero-order chi connectivity index (χ0) is 24.2. The number of rotatable bonds is 7. The van der Waals surface area contributed by atoms with Crippen molar-refractivity contribution in [3.8, 4) is 0 Å². The van der Waals surface area contributed by atoms with Gasteiger partial charge in [0.2, 0.25) is 0 Å². The van der Waals surface area contributed by atoms with Crippen LogP contribution in [-0.2, 0) is 6.54 Å². The number of carbonyl (C=O) groups is 2. The smallest absolute Gasteiger partial charge is 0.257 e. The van der Waals surface area contributed by atoms with Crippen LogP contribution in [0.1, 0.15) is 31.3 Å². The Hall–Kier alpha value is -4.08. The van der Waals surface area contributed by atoms with Crippen LogP contribution in [0.15, 0.2) is 77.8 Å². The summed E-state index contributed by atoms with van der Waals surface area (Å²) >= 11 is 2.98. The molecule has 0 aliphatic rings. The molecule has 0 unspecified atom stereocenters. The van der Waals surface area contributed by atoms with Crippen molar-refractivity contribution in [2.75, 3.05) is 10.6 Å². The molecule has 0 spiro atoms. The lowest BCUT2D eigenvalue weighted by Gasteiger charge is -2.15. The van der Waals surface area contributed by atoms with E-state index in [-0.39, 0.29) is 11.8 Å². The molecule has 35 heavy (non-hydrogen) atoms. The van der Waals surface area contributed by atoms with Gasteiger partial charge in [0.15, 0.2) is 5.82 Å². The van der Waals surface area contributed by atoms with E-state index < -0.39 is 0 Å². The second-order valence-electron chi connectivity index (χ2n) is 7.77. The molecule has 2 aromatic carbocycles. The average molecular weight is 500 g/mol. The number of thiophene rings is 1. The van der Waals surface area contributed by atoms with Crippen LogP contribution in [0.5, 0.6) is 0 Å². The number of aryl methyl sites for hydroxylation is 1. The summed E-state index contributed by atoms with van der Waals surface area (Å²) in [7, 11) is 0. The Balaban J connectivity index is 1.45. The number of nitrogens with zero attached hydrogens (tertiary/aromatic N) is 2. The van der Waals surface area contributed by atoms with Crippen LogP contribution in [0.25, 0.3) is 10.1 Å². The van der Waals surface area contributed by atoms with E-state index in [1.165, 1.54) is 28.9 Å². The number of carbonyl (C=O) groups excluding carboxylic acids is 2. The summed E-state index contributed by atoms with van der Waals surface area (Å²) in [4.78, 5) is 34.7. The number of para-hydroxylation sites is 1. The largest absolute Gasteiger partial charge is 0.345 e. The Kier molecular flexibility index (Phi) is 6.51. The maximum absolute atomic E-state index is 13.3. The lowest BCUT2D eigenvalue weighted by molar-refractivity contribution is 0.0949. The predicted molar refractivity (Wildman–Crippen MR) is 142 cm³/mol. The zero-order valence-corrected chi connectivity index (χ0v) is 20.4. The van der Waals surface area contributed by atoms with E-state index in [4.69, 9.17) is 0 Å². The highest BCUT2D eigenvalue weighted by Gasteiger charge is 2.17. The summed E-state index contributed by atoms with van der Waals surface area (Å²) in [6.45, 7) is 2.31. The van der Waals surface area contributed by atoms with E-state index in [0.717, 1.165) is 26.3 Å². The number of nitrogens with one attached hydrogen (secondary N) is 3. The van der Waals surface area contributed by atoms with Crippen molar-refractivity contribution in [2.45, 2.75) is 13.5 Å². The lowest BCUT2D eigenvalue weighted by Crippen LogP contribution is -2.23. The van der Waals surface area contributed by atoms with E-state index in [2.05, 4.69) is 25.9 Å². The van der Waals surface area contributed by atoms with Crippen molar-refractivity contribution in [1.82, 2.24) is 15.3 Å². The molecule has 0 radical (unpaired) electrons. The number of amides is 2. The van der Waals surface area contributed by atoms with Gasteiger partial charge in [-0.25, -0.2) is 9.97 Å². The van der Waals surface area contributed by atoms with E-state index in [0.29, 0.717) is 29.2 Å². The second-order valence-corrected chi connectivity index (χ2v) is 9.66. The Morgan fingerprint density at radius 2 is 1.77 bits per heavy atom. The monoisotopic (exact) mass is 499 g/mol. The van der Waals surface area contributed by atoms with Gasteiger partial charge in [0.25, 0.3) is 11.8 Å². The quantitative estimate of drug-likeness (QED) is 0.256. The van der Waals surface area contributed by atoms with Crippen LogP contribution in [-0.4, -0.2) is 21.8 Å². The molecule has 0 saturated carbocycles. The maximum Gasteiger partial charge on any atom is 0.257 e. The van der Waals surface area contributed by atoms with E-state index in [9.17, 15) is 9.59 Å². The third-order valence-corrected chi connectivity index (χ3v) is 7.15. The van der Waals surface area contributed by atoms with Crippen molar-refractivity contribution >= 4 is 61.8 Å². The fourth-order valence-electron chi connectivity index (χ4n) is 3.57. The minimum Gasteiger partial charge on any atom is -0.345 e. The molecule has 5 aromatic rings. The van der Waals surface area contributed by atoms with Gasteiger partial charge in [-0.1, -0.05) is 36.4 Å². The fourth-order valence-corrected chi connectivity index (χ4v) is 5.06. The van der Waals surface area contributed by atoms with Gasteiger partial charge in [0, 0.05) is 38.9 Å². The molecule has 3 N–H and O–H groups in total. The highest BCUT2D eigenvalue weighted by molar-refractivity contribution is 7.17. The third kappa shape index (κ3) is 5.06. The summed E-state index contributed by atoms with van der Waals surface area (Å²) in [5.74, 6) is -0.118. The molecule has 0 aliphatic carbocycles. The van der Waals surface area contributed by atoms with Crippen LogP contribution in [0.4, 0.5) is 17.2 Å². The number of hydrogen-bond acceptors (Lipinski definition) is 7. The Bertz CT molecular complexity index is 1510. The number of hydrogen-bond donors (Lipinski definition) is 3.